The molecule has 0 aromatic heterocycles. The van der Waals surface area contributed by atoms with E-state index in [0.29, 0.717) is 0 Å². The Morgan fingerprint density at radius 3 is 1.96 bits per heavy atom. The third-order valence-electron chi connectivity index (χ3n) is 3.09. The molecule has 2 N–H and O–H groups in total. The zero-order chi connectivity index (χ0) is 18.4. The summed E-state index contributed by atoms with van der Waals surface area (Å²) in [4.78, 5) is 45.0. The predicted octanol–water partition coefficient (Wildman–Crippen LogP) is -1.37. The van der Waals surface area contributed by atoms with Gasteiger partial charge in [-0.15, -0.1) is 0 Å². The topological polar surface area (TPSA) is 137 Å². The Balaban J connectivity index is 3.11. The van der Waals surface area contributed by atoms with E-state index in [9.17, 15) is 24.3 Å². The lowest BCUT2D eigenvalue weighted by Gasteiger charge is -2.43. The number of aliphatic hydroxyl groups excluding tert-OH is 1. The van der Waals surface area contributed by atoms with Gasteiger partial charge in [0, 0.05) is 27.7 Å². The molecule has 10 nitrogen and oxygen atoms in total. The molecule has 1 rings (SSSR count). The highest BCUT2D eigenvalue weighted by Crippen LogP contribution is 2.26. The zero-order valence-electron chi connectivity index (χ0n) is 13.8. The van der Waals surface area contributed by atoms with Crippen LogP contribution in [0.25, 0.3) is 0 Å². The monoisotopic (exact) mass is 347 g/mol. The van der Waals surface area contributed by atoms with Crippen molar-refractivity contribution >= 4 is 23.8 Å². The molecule has 136 valence electrons. The fourth-order valence-corrected chi connectivity index (χ4v) is 2.31. The van der Waals surface area contributed by atoms with E-state index in [-0.39, 0.29) is 6.61 Å². The van der Waals surface area contributed by atoms with Crippen LogP contribution in [0, 0.1) is 0 Å². The van der Waals surface area contributed by atoms with E-state index in [4.69, 9.17) is 18.9 Å². The minimum absolute atomic E-state index is 0.338. The van der Waals surface area contributed by atoms with Crippen LogP contribution >= 0.6 is 0 Å². The van der Waals surface area contributed by atoms with Crippen molar-refractivity contribution in [2.24, 2.45) is 0 Å². The summed E-state index contributed by atoms with van der Waals surface area (Å²) in [7, 11) is 0. The molecule has 0 spiro atoms. The smallest absolute Gasteiger partial charge is 0.303 e. The summed E-state index contributed by atoms with van der Waals surface area (Å²) in [6.07, 6.45) is -5.06. The Morgan fingerprint density at radius 1 is 0.958 bits per heavy atom. The van der Waals surface area contributed by atoms with E-state index in [0.717, 1.165) is 13.8 Å². The van der Waals surface area contributed by atoms with Gasteiger partial charge in [0.25, 0.3) is 0 Å². The van der Waals surface area contributed by atoms with Crippen LogP contribution in [0.1, 0.15) is 27.7 Å². The maximum Gasteiger partial charge on any atom is 0.303 e. The van der Waals surface area contributed by atoms with Gasteiger partial charge in [0.05, 0.1) is 0 Å². The highest BCUT2D eigenvalue weighted by molar-refractivity contribution is 5.73. The Morgan fingerprint density at radius 2 is 1.50 bits per heavy atom. The number of rotatable bonds is 5. The SMILES string of the molecule is CC(=O)N[C@H]1[C@@H](OC(C)=O)[C@@H](OC(C)=O)[C@H](COC(C)=O)O[C@@H]1O. The Kier molecular flexibility index (Phi) is 7.11. The first-order chi connectivity index (χ1) is 11.1. The Hall–Kier alpha value is -2.20. The minimum atomic E-state index is -1.56. The van der Waals surface area contributed by atoms with Crippen LogP contribution in [0.15, 0.2) is 0 Å². The van der Waals surface area contributed by atoms with Crippen molar-refractivity contribution in [2.45, 2.75) is 58.3 Å². The largest absolute Gasteiger partial charge is 0.463 e. The van der Waals surface area contributed by atoms with Crippen LogP contribution in [0.2, 0.25) is 0 Å². The average Bonchev–Trinajstić information content (AvgIpc) is 2.42. The molecular weight excluding hydrogens is 326 g/mol. The minimum Gasteiger partial charge on any atom is -0.463 e. The Bertz CT molecular complexity index is 506. The van der Waals surface area contributed by atoms with Crippen molar-refractivity contribution in [3.05, 3.63) is 0 Å². The number of carbonyl (C=O) groups is 4. The molecule has 1 heterocycles. The lowest BCUT2D eigenvalue weighted by molar-refractivity contribution is -0.264. The molecule has 0 aromatic rings. The molecule has 1 aliphatic rings. The van der Waals surface area contributed by atoms with Crippen molar-refractivity contribution in [1.29, 1.82) is 0 Å². The number of nitrogens with one attached hydrogen (secondary N) is 1. The lowest BCUT2D eigenvalue weighted by atomic mass is 9.96. The lowest BCUT2D eigenvalue weighted by Crippen LogP contribution is -2.66. The maximum atomic E-state index is 11.4. The van der Waals surface area contributed by atoms with Gasteiger partial charge in [-0.2, -0.15) is 0 Å². The van der Waals surface area contributed by atoms with Crippen LogP contribution < -0.4 is 5.32 Å². The third-order valence-corrected chi connectivity index (χ3v) is 3.09. The van der Waals surface area contributed by atoms with Crippen molar-refractivity contribution in [1.82, 2.24) is 5.32 Å². The van der Waals surface area contributed by atoms with Gasteiger partial charge in [-0.05, 0) is 0 Å². The van der Waals surface area contributed by atoms with Gasteiger partial charge in [0.2, 0.25) is 5.91 Å². The maximum absolute atomic E-state index is 11.4. The van der Waals surface area contributed by atoms with E-state index in [2.05, 4.69) is 5.32 Å². The summed E-state index contributed by atoms with van der Waals surface area (Å²) in [5.74, 6) is -2.54. The number of amides is 1. The number of hydrogen-bond donors (Lipinski definition) is 2. The molecule has 1 fully saturated rings. The number of hydrogen-bond acceptors (Lipinski definition) is 9. The molecule has 0 aliphatic carbocycles. The normalized spacial score (nSPS) is 29.3. The van der Waals surface area contributed by atoms with Gasteiger partial charge >= 0.3 is 17.9 Å². The number of ether oxygens (including phenoxy) is 4. The van der Waals surface area contributed by atoms with Gasteiger partial charge in [0.1, 0.15) is 18.8 Å². The second kappa shape index (κ2) is 8.60. The molecule has 1 amide bonds. The molecule has 0 saturated carbocycles. The summed E-state index contributed by atoms with van der Waals surface area (Å²) in [5, 5.41) is 12.5. The van der Waals surface area contributed by atoms with Crippen LogP contribution in [0.4, 0.5) is 0 Å². The molecule has 10 heteroatoms. The second-order valence-electron chi connectivity index (χ2n) is 5.24. The van der Waals surface area contributed by atoms with E-state index in [1.807, 2.05) is 0 Å². The highest BCUT2D eigenvalue weighted by atomic mass is 16.7. The van der Waals surface area contributed by atoms with Crippen molar-refractivity contribution < 1.29 is 43.2 Å². The van der Waals surface area contributed by atoms with Crippen LogP contribution in [0.3, 0.4) is 0 Å². The fraction of sp³-hybridized carbons (Fsp3) is 0.714. The molecule has 5 atom stereocenters. The van der Waals surface area contributed by atoms with E-state index < -0.39 is 54.5 Å². The first-order valence-electron chi connectivity index (χ1n) is 7.20. The first kappa shape index (κ1) is 19.8. The molecule has 0 bridgehead atoms. The summed E-state index contributed by atoms with van der Waals surface area (Å²) in [6, 6.07) is -1.16. The quantitative estimate of drug-likeness (QED) is 0.456. The number of aliphatic hydroxyl groups is 1. The molecule has 1 aliphatic heterocycles. The van der Waals surface area contributed by atoms with Crippen molar-refractivity contribution in [3.63, 3.8) is 0 Å². The van der Waals surface area contributed by atoms with E-state index in [1.54, 1.807) is 0 Å². The first-order valence-corrected chi connectivity index (χ1v) is 7.20. The van der Waals surface area contributed by atoms with Gasteiger partial charge in [0.15, 0.2) is 18.5 Å². The standard InChI is InChI=1S/C14H21NO9/c1-6(16)15-11-13(23-9(4)19)12(22-8(3)18)10(24-14(11)20)5-21-7(2)17/h10-14,20H,5H2,1-4H3,(H,15,16)/t10-,11-,12-,13+,14-/m0/s1. The third kappa shape index (κ3) is 5.78. The van der Waals surface area contributed by atoms with Crippen molar-refractivity contribution in [3.8, 4) is 0 Å². The van der Waals surface area contributed by atoms with Crippen molar-refractivity contribution in [2.75, 3.05) is 6.61 Å². The average molecular weight is 347 g/mol. The fourth-order valence-electron chi connectivity index (χ4n) is 2.31. The summed E-state index contributed by atoms with van der Waals surface area (Å²) in [6.45, 7) is 4.28. The predicted molar refractivity (Wildman–Crippen MR) is 76.2 cm³/mol. The summed E-state index contributed by atoms with van der Waals surface area (Å²) in [5.41, 5.74) is 0. The van der Waals surface area contributed by atoms with Gasteiger partial charge in [-0.1, -0.05) is 0 Å². The molecular formula is C14H21NO9. The molecule has 1 saturated heterocycles. The number of carbonyl (C=O) groups excluding carboxylic acids is 4. The van der Waals surface area contributed by atoms with Gasteiger partial charge in [-0.3, -0.25) is 19.2 Å². The molecule has 0 aromatic carbocycles. The van der Waals surface area contributed by atoms with Crippen LogP contribution in [-0.4, -0.2) is 66.2 Å². The second-order valence-corrected chi connectivity index (χ2v) is 5.24. The summed E-state index contributed by atoms with van der Waals surface area (Å²) < 4.78 is 20.3. The zero-order valence-corrected chi connectivity index (χ0v) is 13.8. The van der Waals surface area contributed by atoms with Crippen LogP contribution in [0.5, 0.6) is 0 Å². The Labute approximate surface area is 138 Å². The summed E-state index contributed by atoms with van der Waals surface area (Å²) >= 11 is 0. The highest BCUT2D eigenvalue weighted by Gasteiger charge is 2.50. The number of esters is 3. The molecule has 0 radical (unpaired) electrons. The van der Waals surface area contributed by atoms with Gasteiger partial charge in [-0.25, -0.2) is 0 Å². The molecule has 0 unspecified atom stereocenters. The van der Waals surface area contributed by atoms with Gasteiger partial charge < -0.3 is 29.4 Å². The van der Waals surface area contributed by atoms with E-state index in [1.165, 1.54) is 13.8 Å². The van der Waals surface area contributed by atoms with Crippen LogP contribution in [-0.2, 0) is 38.1 Å². The van der Waals surface area contributed by atoms with E-state index >= 15 is 0 Å². The molecule has 24 heavy (non-hydrogen) atoms.